The molecular weight excluding hydrogens is 330 g/mol. The van der Waals surface area contributed by atoms with E-state index < -0.39 is 0 Å². The van der Waals surface area contributed by atoms with Gasteiger partial charge in [-0.3, -0.25) is 0 Å². The van der Waals surface area contributed by atoms with Crippen LogP contribution in [0.1, 0.15) is 5.56 Å². The zero-order valence-corrected chi connectivity index (χ0v) is 14.0. The van der Waals surface area contributed by atoms with Crippen molar-refractivity contribution in [1.29, 1.82) is 0 Å². The predicted molar refractivity (Wildman–Crippen MR) is 91.4 cm³/mol. The summed E-state index contributed by atoms with van der Waals surface area (Å²) >= 11 is 5.92. The third-order valence-electron chi connectivity index (χ3n) is 3.71. The first-order valence-electron chi connectivity index (χ1n) is 7.26. The molecular formula is C18H16ClNO4. The van der Waals surface area contributed by atoms with Gasteiger partial charge < -0.3 is 19.1 Å². The van der Waals surface area contributed by atoms with Gasteiger partial charge in [0.05, 0.1) is 32.0 Å². The number of benzene rings is 2. The van der Waals surface area contributed by atoms with E-state index in [0.29, 0.717) is 39.1 Å². The number of aromatic nitrogens is 1. The summed E-state index contributed by atoms with van der Waals surface area (Å²) in [4.78, 5) is 0. The van der Waals surface area contributed by atoms with E-state index in [0.717, 1.165) is 5.56 Å². The van der Waals surface area contributed by atoms with Crippen molar-refractivity contribution in [3.63, 3.8) is 0 Å². The van der Waals surface area contributed by atoms with Gasteiger partial charge in [-0.1, -0.05) is 35.0 Å². The molecule has 0 fully saturated rings. The third-order valence-corrected chi connectivity index (χ3v) is 3.96. The molecule has 0 unspecified atom stereocenters. The van der Waals surface area contributed by atoms with Crippen LogP contribution in [0.5, 0.6) is 11.5 Å². The number of hydrogen-bond acceptors (Lipinski definition) is 5. The normalized spacial score (nSPS) is 10.7. The van der Waals surface area contributed by atoms with Crippen LogP contribution in [0, 0.1) is 0 Å². The van der Waals surface area contributed by atoms with Crippen molar-refractivity contribution in [3.05, 3.63) is 53.1 Å². The van der Waals surface area contributed by atoms with Crippen molar-refractivity contribution in [2.24, 2.45) is 0 Å². The Morgan fingerprint density at radius 2 is 1.83 bits per heavy atom. The lowest BCUT2D eigenvalue weighted by atomic mass is 10.0. The summed E-state index contributed by atoms with van der Waals surface area (Å²) in [6, 6.07) is 12.6. The predicted octanol–water partition coefficient (Wildman–Crippen LogP) is 4.17. The molecule has 3 rings (SSSR count). The van der Waals surface area contributed by atoms with Crippen LogP contribution in [0.2, 0.25) is 5.02 Å². The molecule has 3 aromatic rings. The van der Waals surface area contributed by atoms with Gasteiger partial charge in [-0.25, -0.2) is 0 Å². The summed E-state index contributed by atoms with van der Waals surface area (Å²) in [5.41, 5.74) is 2.60. The topological polar surface area (TPSA) is 64.7 Å². The monoisotopic (exact) mass is 345 g/mol. The van der Waals surface area contributed by atoms with Crippen molar-refractivity contribution >= 4 is 11.6 Å². The number of aliphatic hydroxyl groups excluding tert-OH is 1. The molecule has 24 heavy (non-hydrogen) atoms. The lowest BCUT2D eigenvalue weighted by Crippen LogP contribution is -1.95. The minimum Gasteiger partial charge on any atom is -0.493 e. The summed E-state index contributed by atoms with van der Waals surface area (Å²) in [5.74, 6) is 1.54. The number of halogens is 1. The Labute approximate surface area is 144 Å². The molecule has 2 aromatic carbocycles. The summed E-state index contributed by atoms with van der Waals surface area (Å²) in [5, 5.41) is 14.6. The van der Waals surface area contributed by atoms with E-state index in [4.69, 9.17) is 25.6 Å². The van der Waals surface area contributed by atoms with Gasteiger partial charge in [0.25, 0.3) is 0 Å². The smallest absolute Gasteiger partial charge is 0.176 e. The number of para-hydroxylation sites is 1. The van der Waals surface area contributed by atoms with E-state index in [1.54, 1.807) is 32.4 Å². The molecule has 0 aliphatic carbocycles. The van der Waals surface area contributed by atoms with Crippen LogP contribution in [0.25, 0.3) is 22.6 Å². The molecule has 5 nitrogen and oxygen atoms in total. The first kappa shape index (κ1) is 16.4. The Morgan fingerprint density at radius 1 is 1.08 bits per heavy atom. The Morgan fingerprint density at radius 3 is 2.46 bits per heavy atom. The van der Waals surface area contributed by atoms with Gasteiger partial charge in [0.1, 0.15) is 5.69 Å². The molecule has 0 saturated heterocycles. The molecule has 0 bridgehead atoms. The maximum absolute atomic E-state index is 9.86. The number of rotatable bonds is 5. The van der Waals surface area contributed by atoms with Gasteiger partial charge in [0.15, 0.2) is 17.3 Å². The van der Waals surface area contributed by atoms with E-state index >= 15 is 0 Å². The molecule has 124 valence electrons. The molecule has 1 N–H and O–H groups in total. The molecule has 0 saturated carbocycles. The fourth-order valence-corrected chi connectivity index (χ4v) is 2.69. The standard InChI is InChI=1S/C18H16ClNO4/c1-22-15-5-3-4-13(18(15)23-2)17-14(10-21)16(20-24-17)11-6-8-12(19)9-7-11/h3-9,21H,10H2,1-2H3. The molecule has 1 aromatic heterocycles. The lowest BCUT2D eigenvalue weighted by molar-refractivity contribution is 0.281. The molecule has 0 radical (unpaired) electrons. The second-order valence-electron chi connectivity index (χ2n) is 5.04. The first-order valence-corrected chi connectivity index (χ1v) is 7.64. The Balaban J connectivity index is 2.16. The highest BCUT2D eigenvalue weighted by molar-refractivity contribution is 6.30. The van der Waals surface area contributed by atoms with E-state index in [-0.39, 0.29) is 6.61 Å². The number of methoxy groups -OCH3 is 2. The van der Waals surface area contributed by atoms with E-state index in [1.165, 1.54) is 0 Å². The zero-order valence-electron chi connectivity index (χ0n) is 13.2. The van der Waals surface area contributed by atoms with Crippen LogP contribution in [0.3, 0.4) is 0 Å². The van der Waals surface area contributed by atoms with Gasteiger partial charge in [0.2, 0.25) is 0 Å². The fourth-order valence-electron chi connectivity index (χ4n) is 2.57. The van der Waals surface area contributed by atoms with Crippen LogP contribution in [-0.2, 0) is 6.61 Å². The molecule has 0 spiro atoms. The molecule has 0 aliphatic heterocycles. The van der Waals surface area contributed by atoms with Crippen molar-refractivity contribution in [2.75, 3.05) is 14.2 Å². The van der Waals surface area contributed by atoms with E-state index in [1.807, 2.05) is 24.3 Å². The average molecular weight is 346 g/mol. The number of aliphatic hydroxyl groups is 1. The first-order chi connectivity index (χ1) is 11.7. The van der Waals surface area contributed by atoms with Crippen LogP contribution in [-0.4, -0.2) is 24.5 Å². The van der Waals surface area contributed by atoms with Crippen molar-refractivity contribution in [2.45, 2.75) is 6.61 Å². The molecule has 6 heteroatoms. The molecule has 0 amide bonds. The Kier molecular flexibility index (Phi) is 4.74. The summed E-state index contributed by atoms with van der Waals surface area (Å²) < 4.78 is 16.3. The summed E-state index contributed by atoms with van der Waals surface area (Å²) in [6.45, 7) is -0.225. The largest absolute Gasteiger partial charge is 0.493 e. The number of hydrogen-bond donors (Lipinski definition) is 1. The van der Waals surface area contributed by atoms with E-state index in [9.17, 15) is 5.11 Å². The lowest BCUT2D eigenvalue weighted by Gasteiger charge is -2.11. The SMILES string of the molecule is COc1cccc(-c2onc(-c3ccc(Cl)cc3)c2CO)c1OC. The van der Waals surface area contributed by atoms with Crippen LogP contribution in [0.4, 0.5) is 0 Å². The maximum atomic E-state index is 9.86. The zero-order chi connectivity index (χ0) is 17.1. The van der Waals surface area contributed by atoms with Crippen LogP contribution >= 0.6 is 11.6 Å². The molecule has 0 atom stereocenters. The number of ether oxygens (including phenoxy) is 2. The van der Waals surface area contributed by atoms with E-state index in [2.05, 4.69) is 5.16 Å². The number of nitrogens with zero attached hydrogens (tertiary/aromatic N) is 1. The second-order valence-corrected chi connectivity index (χ2v) is 5.48. The van der Waals surface area contributed by atoms with Crippen molar-refractivity contribution < 1.29 is 19.1 Å². The fraction of sp³-hybridized carbons (Fsp3) is 0.167. The second kappa shape index (κ2) is 6.95. The van der Waals surface area contributed by atoms with Gasteiger partial charge in [-0.05, 0) is 24.3 Å². The highest BCUT2D eigenvalue weighted by Gasteiger charge is 2.22. The van der Waals surface area contributed by atoms with Gasteiger partial charge in [-0.15, -0.1) is 0 Å². The van der Waals surface area contributed by atoms with Gasteiger partial charge in [-0.2, -0.15) is 0 Å². The summed E-state index contributed by atoms with van der Waals surface area (Å²) in [6.07, 6.45) is 0. The van der Waals surface area contributed by atoms with Gasteiger partial charge in [0, 0.05) is 10.6 Å². The average Bonchev–Trinajstić information content (AvgIpc) is 3.05. The Hall–Kier alpha value is -2.50. The highest BCUT2D eigenvalue weighted by atomic mass is 35.5. The van der Waals surface area contributed by atoms with Crippen molar-refractivity contribution in [3.8, 4) is 34.1 Å². The Bertz CT molecular complexity index is 843. The maximum Gasteiger partial charge on any atom is 0.176 e. The third kappa shape index (κ3) is 2.84. The highest BCUT2D eigenvalue weighted by Crippen LogP contribution is 2.41. The minimum absolute atomic E-state index is 0.225. The summed E-state index contributed by atoms with van der Waals surface area (Å²) in [7, 11) is 3.12. The quantitative estimate of drug-likeness (QED) is 0.751. The minimum atomic E-state index is -0.225. The molecule has 1 heterocycles. The van der Waals surface area contributed by atoms with Crippen LogP contribution in [0.15, 0.2) is 47.0 Å². The van der Waals surface area contributed by atoms with Gasteiger partial charge >= 0.3 is 0 Å². The van der Waals surface area contributed by atoms with Crippen LogP contribution < -0.4 is 9.47 Å². The van der Waals surface area contributed by atoms with Crippen molar-refractivity contribution in [1.82, 2.24) is 5.16 Å². The molecule has 0 aliphatic rings.